The molecule has 130 valence electrons. The summed E-state index contributed by atoms with van der Waals surface area (Å²) in [4.78, 5) is 23.4. The van der Waals surface area contributed by atoms with Crippen molar-refractivity contribution in [2.45, 2.75) is 38.7 Å². The molecule has 0 aromatic rings. The van der Waals surface area contributed by atoms with Crippen molar-refractivity contribution in [3.63, 3.8) is 0 Å². The van der Waals surface area contributed by atoms with E-state index in [4.69, 9.17) is 9.47 Å². The van der Waals surface area contributed by atoms with Gasteiger partial charge in [-0.25, -0.2) is 9.59 Å². The van der Waals surface area contributed by atoms with Crippen molar-refractivity contribution in [2.24, 2.45) is 5.92 Å². The van der Waals surface area contributed by atoms with Crippen LogP contribution in [0.4, 0.5) is 0 Å². The minimum absolute atomic E-state index is 0.0586. The van der Waals surface area contributed by atoms with E-state index in [0.29, 0.717) is 24.0 Å². The summed E-state index contributed by atoms with van der Waals surface area (Å²) in [6.45, 7) is 9.15. The van der Waals surface area contributed by atoms with E-state index in [1.165, 1.54) is 0 Å². The average Bonchev–Trinajstić information content (AvgIpc) is 2.82. The Morgan fingerprint density at radius 3 is 2.83 bits per heavy atom. The van der Waals surface area contributed by atoms with Gasteiger partial charge in [-0.15, -0.1) is 0 Å². The molecule has 2 rings (SSSR count). The van der Waals surface area contributed by atoms with Gasteiger partial charge in [0, 0.05) is 23.5 Å². The fraction of sp³-hybridized carbons (Fsp3) is 0.474. The van der Waals surface area contributed by atoms with Crippen LogP contribution >= 0.6 is 0 Å². The molecule has 0 unspecified atom stereocenters. The maximum atomic E-state index is 11.8. The lowest BCUT2D eigenvalue weighted by Gasteiger charge is -2.19. The van der Waals surface area contributed by atoms with Crippen LogP contribution in [0.5, 0.6) is 0 Å². The van der Waals surface area contributed by atoms with Crippen LogP contribution in [0.2, 0.25) is 0 Å². The number of carbonyl (C=O) groups is 2. The van der Waals surface area contributed by atoms with E-state index in [9.17, 15) is 14.7 Å². The first-order valence-electron chi connectivity index (χ1n) is 8.11. The SMILES string of the molecule is C=C(C)C(=O)OC/C1=C\C[C@@H]2C(=C)C(=O)O[C@H]2C/C(CO)=C/CC1. The number of hydrogen-bond donors (Lipinski definition) is 1. The highest BCUT2D eigenvalue weighted by atomic mass is 16.6. The fourth-order valence-electron chi connectivity index (χ4n) is 2.89. The molecule has 24 heavy (non-hydrogen) atoms. The van der Waals surface area contributed by atoms with E-state index in [1.807, 2.05) is 12.2 Å². The molecule has 2 atom stereocenters. The zero-order chi connectivity index (χ0) is 17.7. The molecule has 2 aliphatic rings. The molecule has 0 bridgehead atoms. The Kier molecular flexibility index (Phi) is 6.15. The van der Waals surface area contributed by atoms with Crippen LogP contribution in [0.25, 0.3) is 0 Å². The quantitative estimate of drug-likeness (QED) is 0.487. The maximum Gasteiger partial charge on any atom is 0.334 e. The molecule has 1 N–H and O–H groups in total. The van der Waals surface area contributed by atoms with Crippen molar-refractivity contribution in [1.29, 1.82) is 0 Å². The van der Waals surface area contributed by atoms with Gasteiger partial charge in [-0.3, -0.25) is 0 Å². The highest BCUT2D eigenvalue weighted by Gasteiger charge is 2.38. The Hall–Kier alpha value is -2.14. The van der Waals surface area contributed by atoms with E-state index in [0.717, 1.165) is 24.0 Å². The Bertz CT molecular complexity index is 611. The van der Waals surface area contributed by atoms with Crippen molar-refractivity contribution < 1.29 is 24.2 Å². The van der Waals surface area contributed by atoms with Gasteiger partial charge in [0.2, 0.25) is 0 Å². The van der Waals surface area contributed by atoms with Crippen molar-refractivity contribution in [3.8, 4) is 0 Å². The maximum absolute atomic E-state index is 11.8. The van der Waals surface area contributed by atoms with Gasteiger partial charge in [-0.2, -0.15) is 0 Å². The summed E-state index contributed by atoms with van der Waals surface area (Å²) in [5, 5.41) is 9.50. The smallest absolute Gasteiger partial charge is 0.334 e. The van der Waals surface area contributed by atoms with E-state index in [1.54, 1.807) is 6.92 Å². The largest absolute Gasteiger partial charge is 0.458 e. The van der Waals surface area contributed by atoms with E-state index in [-0.39, 0.29) is 31.2 Å². The third-order valence-corrected chi connectivity index (χ3v) is 4.38. The number of hydrogen-bond acceptors (Lipinski definition) is 5. The predicted molar refractivity (Wildman–Crippen MR) is 90.0 cm³/mol. The van der Waals surface area contributed by atoms with Gasteiger partial charge in [0.25, 0.3) is 0 Å². The first-order valence-corrected chi connectivity index (χ1v) is 8.11. The summed E-state index contributed by atoms with van der Waals surface area (Å²) >= 11 is 0. The molecular weight excluding hydrogens is 308 g/mol. The number of aliphatic hydroxyl groups excluding tert-OH is 1. The lowest BCUT2D eigenvalue weighted by molar-refractivity contribution is -0.139. The number of fused-ring (bicyclic) bond motifs is 1. The van der Waals surface area contributed by atoms with Gasteiger partial charge in [0.15, 0.2) is 0 Å². The van der Waals surface area contributed by atoms with Crippen molar-refractivity contribution >= 4 is 11.9 Å². The highest BCUT2D eigenvalue weighted by molar-refractivity contribution is 5.90. The summed E-state index contributed by atoms with van der Waals surface area (Å²) in [5.41, 5.74) is 2.66. The number of ether oxygens (including phenoxy) is 2. The fourth-order valence-corrected chi connectivity index (χ4v) is 2.89. The molecule has 1 heterocycles. The third-order valence-electron chi connectivity index (χ3n) is 4.38. The normalized spacial score (nSPS) is 28.8. The van der Waals surface area contributed by atoms with Crippen LogP contribution in [0, 0.1) is 5.92 Å². The Morgan fingerprint density at radius 2 is 2.17 bits per heavy atom. The third kappa shape index (κ3) is 4.45. The minimum atomic E-state index is -0.416. The van der Waals surface area contributed by atoms with Crippen LogP contribution < -0.4 is 0 Å². The lowest BCUT2D eigenvalue weighted by atomic mass is 9.87. The topological polar surface area (TPSA) is 72.8 Å². The molecule has 0 radical (unpaired) electrons. The first kappa shape index (κ1) is 18.2. The standard InChI is InChI=1S/C19H24O5/c1-12(2)18(21)23-11-14-5-4-6-15(10-20)9-17-16(8-7-14)13(3)19(22)24-17/h6-7,16-17,20H,1,3-5,8-11H2,2H3/b14-7-,15-6-/t16-,17+/m1/s1. The number of esters is 2. The molecule has 1 aliphatic heterocycles. The minimum Gasteiger partial charge on any atom is -0.458 e. The zero-order valence-electron chi connectivity index (χ0n) is 14.0. The second kappa shape index (κ2) is 8.11. The van der Waals surface area contributed by atoms with Gasteiger partial charge in [0.1, 0.15) is 12.7 Å². The molecule has 1 aliphatic carbocycles. The van der Waals surface area contributed by atoms with E-state index < -0.39 is 5.97 Å². The molecule has 0 saturated carbocycles. The van der Waals surface area contributed by atoms with Gasteiger partial charge in [0.05, 0.1) is 6.61 Å². The Labute approximate surface area is 142 Å². The summed E-state index contributed by atoms with van der Waals surface area (Å²) < 4.78 is 10.6. The van der Waals surface area contributed by atoms with E-state index in [2.05, 4.69) is 13.2 Å². The summed E-state index contributed by atoms with van der Waals surface area (Å²) in [6, 6.07) is 0. The molecule has 1 saturated heterocycles. The zero-order valence-corrected chi connectivity index (χ0v) is 14.0. The molecule has 0 spiro atoms. The molecular formula is C19H24O5. The summed E-state index contributed by atoms with van der Waals surface area (Å²) in [6.07, 6.45) is 6.27. The van der Waals surface area contributed by atoms with E-state index >= 15 is 0 Å². The molecule has 0 aromatic heterocycles. The van der Waals surface area contributed by atoms with Crippen molar-refractivity contribution in [1.82, 2.24) is 0 Å². The van der Waals surface area contributed by atoms with Crippen LogP contribution in [-0.2, 0) is 19.1 Å². The monoisotopic (exact) mass is 332 g/mol. The van der Waals surface area contributed by atoms with Crippen LogP contribution in [0.1, 0.15) is 32.6 Å². The molecule has 5 nitrogen and oxygen atoms in total. The predicted octanol–water partition coefficient (Wildman–Crippen LogP) is 2.62. The molecule has 0 aromatic carbocycles. The van der Waals surface area contributed by atoms with Gasteiger partial charge < -0.3 is 14.6 Å². The Morgan fingerprint density at radius 1 is 1.42 bits per heavy atom. The highest BCUT2D eigenvalue weighted by Crippen LogP contribution is 2.34. The van der Waals surface area contributed by atoms with Crippen molar-refractivity contribution in [2.75, 3.05) is 13.2 Å². The lowest BCUT2D eigenvalue weighted by Crippen LogP contribution is -2.19. The number of rotatable bonds is 4. The molecule has 0 amide bonds. The number of aliphatic hydroxyl groups is 1. The van der Waals surface area contributed by atoms with Crippen LogP contribution in [-0.4, -0.2) is 36.4 Å². The van der Waals surface area contributed by atoms with Gasteiger partial charge in [-0.1, -0.05) is 25.3 Å². The summed E-state index contributed by atoms with van der Waals surface area (Å²) in [5.74, 6) is -0.899. The molecule has 1 fully saturated rings. The number of carbonyl (C=O) groups excluding carboxylic acids is 2. The van der Waals surface area contributed by atoms with Crippen LogP contribution in [0.15, 0.2) is 47.6 Å². The second-order valence-electron chi connectivity index (χ2n) is 6.29. The first-order chi connectivity index (χ1) is 11.4. The van der Waals surface area contributed by atoms with Gasteiger partial charge in [-0.05, 0) is 37.3 Å². The Balaban J connectivity index is 2.15. The van der Waals surface area contributed by atoms with Crippen molar-refractivity contribution in [3.05, 3.63) is 47.6 Å². The van der Waals surface area contributed by atoms with Gasteiger partial charge >= 0.3 is 11.9 Å². The summed E-state index contributed by atoms with van der Waals surface area (Å²) in [7, 11) is 0. The average molecular weight is 332 g/mol. The second-order valence-corrected chi connectivity index (χ2v) is 6.29. The number of allylic oxidation sites excluding steroid dienone is 2. The van der Waals surface area contributed by atoms with Crippen LogP contribution in [0.3, 0.4) is 0 Å². The molecule has 5 heteroatoms.